The van der Waals surface area contributed by atoms with Crippen molar-refractivity contribution in [2.24, 2.45) is 28.6 Å². The highest BCUT2D eigenvalue weighted by Crippen LogP contribution is 2.63. The van der Waals surface area contributed by atoms with Crippen molar-refractivity contribution >= 4 is 5.78 Å². The maximum absolute atomic E-state index is 11.9. The third-order valence-electron chi connectivity index (χ3n) is 7.87. The fraction of sp³-hybridized carbons (Fsp3) is 0.842. The van der Waals surface area contributed by atoms with Crippen LogP contribution in [0, 0.1) is 28.6 Å². The van der Waals surface area contributed by atoms with Crippen molar-refractivity contribution in [1.82, 2.24) is 5.32 Å². The van der Waals surface area contributed by atoms with E-state index in [1.54, 1.807) is 0 Å². The molecule has 0 aromatic carbocycles. The average molecular weight is 303 g/mol. The van der Waals surface area contributed by atoms with Crippen LogP contribution >= 0.6 is 0 Å². The minimum atomic E-state index is -0.122. The molecule has 22 heavy (non-hydrogen) atoms. The second-order valence-electron chi connectivity index (χ2n) is 8.80. The summed E-state index contributed by atoms with van der Waals surface area (Å²) in [7, 11) is 0. The third kappa shape index (κ3) is 1.75. The molecule has 4 aliphatic rings. The van der Waals surface area contributed by atoms with Gasteiger partial charge < -0.3 is 10.4 Å². The van der Waals surface area contributed by atoms with Gasteiger partial charge >= 0.3 is 0 Å². The Kier molecular flexibility index (Phi) is 3.08. The van der Waals surface area contributed by atoms with Gasteiger partial charge in [0.25, 0.3) is 0 Å². The molecule has 3 aliphatic carbocycles. The summed E-state index contributed by atoms with van der Waals surface area (Å²) in [5, 5.41) is 14.2. The van der Waals surface area contributed by atoms with Gasteiger partial charge in [-0.1, -0.05) is 13.8 Å². The van der Waals surface area contributed by atoms with Crippen LogP contribution in [0.5, 0.6) is 0 Å². The molecule has 0 aromatic rings. The summed E-state index contributed by atoms with van der Waals surface area (Å²) in [5.74, 6) is 2.19. The summed E-state index contributed by atoms with van der Waals surface area (Å²) in [6.45, 7) is 6.97. The number of fused-ring (bicyclic) bond motifs is 5. The van der Waals surface area contributed by atoms with Gasteiger partial charge in [0.2, 0.25) is 0 Å². The highest BCUT2D eigenvalue weighted by Gasteiger charge is 2.60. The number of hydrogen-bond acceptors (Lipinski definition) is 3. The van der Waals surface area contributed by atoms with Gasteiger partial charge in [-0.25, -0.2) is 0 Å². The minimum Gasteiger partial charge on any atom is -0.393 e. The number of piperidine rings is 1. The van der Waals surface area contributed by atoms with Crippen LogP contribution in [0.2, 0.25) is 0 Å². The van der Waals surface area contributed by atoms with E-state index in [4.69, 9.17) is 0 Å². The van der Waals surface area contributed by atoms with Crippen molar-refractivity contribution in [3.05, 3.63) is 11.8 Å². The zero-order valence-corrected chi connectivity index (χ0v) is 14.1. The molecule has 6 unspecified atom stereocenters. The van der Waals surface area contributed by atoms with E-state index >= 15 is 0 Å². The van der Waals surface area contributed by atoms with E-state index in [0.29, 0.717) is 30.2 Å². The molecule has 1 aliphatic heterocycles. The Hall–Kier alpha value is -0.830. The first-order valence-corrected chi connectivity index (χ1v) is 9.06. The van der Waals surface area contributed by atoms with Gasteiger partial charge in [-0.3, -0.25) is 4.79 Å². The van der Waals surface area contributed by atoms with Crippen molar-refractivity contribution in [3.63, 3.8) is 0 Å². The maximum Gasteiger partial charge on any atom is 0.157 e. The molecule has 3 nitrogen and oxygen atoms in total. The van der Waals surface area contributed by atoms with Crippen LogP contribution < -0.4 is 5.32 Å². The number of nitrogens with one attached hydrogen (secondary N) is 1. The number of hydrogen-bond donors (Lipinski definition) is 2. The van der Waals surface area contributed by atoms with E-state index < -0.39 is 0 Å². The lowest BCUT2D eigenvalue weighted by molar-refractivity contribution is -0.118. The highest BCUT2D eigenvalue weighted by atomic mass is 16.3. The Morgan fingerprint density at radius 1 is 1.18 bits per heavy atom. The van der Waals surface area contributed by atoms with Crippen LogP contribution in [0.3, 0.4) is 0 Å². The van der Waals surface area contributed by atoms with Gasteiger partial charge in [0, 0.05) is 29.7 Å². The zero-order valence-electron chi connectivity index (χ0n) is 14.1. The van der Waals surface area contributed by atoms with Crippen molar-refractivity contribution < 1.29 is 9.90 Å². The minimum absolute atomic E-state index is 0.110. The highest BCUT2D eigenvalue weighted by molar-refractivity contribution is 5.91. The summed E-state index contributed by atoms with van der Waals surface area (Å²) >= 11 is 0. The molecule has 1 heterocycles. The lowest BCUT2D eigenvalue weighted by Crippen LogP contribution is -2.60. The Morgan fingerprint density at radius 2 is 1.95 bits per heavy atom. The van der Waals surface area contributed by atoms with E-state index in [2.05, 4.69) is 26.1 Å². The van der Waals surface area contributed by atoms with Crippen molar-refractivity contribution in [3.8, 4) is 0 Å². The first-order chi connectivity index (χ1) is 10.4. The third-order valence-corrected chi connectivity index (χ3v) is 7.87. The van der Waals surface area contributed by atoms with Crippen molar-refractivity contribution in [1.29, 1.82) is 0 Å². The summed E-state index contributed by atoms with van der Waals surface area (Å²) in [4.78, 5) is 11.9. The molecule has 122 valence electrons. The monoisotopic (exact) mass is 303 g/mol. The molecule has 0 radical (unpaired) electrons. The first-order valence-electron chi connectivity index (χ1n) is 9.06. The van der Waals surface area contributed by atoms with Crippen LogP contribution in [0.25, 0.3) is 0 Å². The number of aliphatic hydroxyl groups excluding tert-OH is 1. The maximum atomic E-state index is 11.9. The van der Waals surface area contributed by atoms with Crippen LogP contribution in [0.4, 0.5) is 0 Å². The van der Waals surface area contributed by atoms with E-state index in [9.17, 15) is 9.90 Å². The molecule has 0 aromatic heterocycles. The molecule has 3 heteroatoms. The molecule has 0 amide bonds. The molecule has 0 spiro atoms. The topological polar surface area (TPSA) is 49.3 Å². The standard InChI is InChI=1S/C19H29NO2/c1-11-17-13-4-5-16(22)19(13,3)9-7-14(17)18(2)8-6-12(21)10-15(18)20-11/h10-11,13-14,16-17,20,22H,4-9H2,1-3H3/t11-,13?,14?,16?,17?,18?,19?/m1/s1. The van der Waals surface area contributed by atoms with Crippen LogP contribution in [-0.2, 0) is 4.79 Å². The summed E-state index contributed by atoms with van der Waals surface area (Å²) in [5.41, 5.74) is 1.44. The van der Waals surface area contributed by atoms with Crippen LogP contribution in [0.15, 0.2) is 11.8 Å². The van der Waals surface area contributed by atoms with Crippen molar-refractivity contribution in [2.45, 2.75) is 71.4 Å². The fourth-order valence-corrected chi connectivity index (χ4v) is 6.46. The molecule has 3 fully saturated rings. The van der Waals surface area contributed by atoms with Crippen LogP contribution in [0.1, 0.15) is 59.3 Å². The zero-order chi connectivity index (χ0) is 15.7. The summed E-state index contributed by atoms with van der Waals surface area (Å²) < 4.78 is 0. The van der Waals surface area contributed by atoms with E-state index in [-0.39, 0.29) is 22.7 Å². The molecule has 1 saturated heterocycles. The summed E-state index contributed by atoms with van der Waals surface area (Å²) in [6.07, 6.45) is 7.92. The lowest BCUT2D eigenvalue weighted by atomic mass is 9.49. The lowest BCUT2D eigenvalue weighted by Gasteiger charge is -2.60. The number of ketones is 1. The van der Waals surface area contributed by atoms with E-state index in [1.807, 2.05) is 6.08 Å². The Labute approximate surface area is 133 Å². The molecular weight excluding hydrogens is 274 g/mol. The van der Waals surface area contributed by atoms with E-state index in [0.717, 1.165) is 19.3 Å². The Bertz CT molecular complexity index is 542. The molecular formula is C19H29NO2. The Balaban J connectivity index is 1.74. The smallest absolute Gasteiger partial charge is 0.157 e. The largest absolute Gasteiger partial charge is 0.393 e. The van der Waals surface area contributed by atoms with Crippen molar-refractivity contribution in [2.75, 3.05) is 0 Å². The SMILES string of the molecule is C[C@H]1NC2=CC(=O)CCC2(C)C2CCC3(C)C(O)CCC3C21. The number of allylic oxidation sites excluding steroid dienone is 2. The predicted octanol–water partition coefficient (Wildman–Crippen LogP) is 3.03. The molecule has 2 N–H and O–H groups in total. The van der Waals surface area contributed by atoms with Gasteiger partial charge in [-0.2, -0.15) is 0 Å². The number of carbonyl (C=O) groups excluding carboxylic acids is 1. The number of aliphatic hydroxyl groups is 1. The van der Waals surface area contributed by atoms with Gasteiger partial charge in [0.05, 0.1) is 6.10 Å². The quantitative estimate of drug-likeness (QED) is 0.723. The number of carbonyl (C=O) groups is 1. The summed E-state index contributed by atoms with van der Waals surface area (Å²) in [6, 6.07) is 0.408. The fourth-order valence-electron chi connectivity index (χ4n) is 6.46. The predicted molar refractivity (Wildman–Crippen MR) is 86.1 cm³/mol. The van der Waals surface area contributed by atoms with E-state index in [1.165, 1.54) is 18.5 Å². The average Bonchev–Trinajstić information content (AvgIpc) is 2.77. The van der Waals surface area contributed by atoms with Gasteiger partial charge in [0.15, 0.2) is 5.78 Å². The van der Waals surface area contributed by atoms with Gasteiger partial charge in [0.1, 0.15) is 0 Å². The first kappa shape index (κ1) is 14.7. The van der Waals surface area contributed by atoms with Crippen LogP contribution in [-0.4, -0.2) is 23.0 Å². The normalized spacial score (nSPS) is 53.9. The molecule has 0 bridgehead atoms. The van der Waals surface area contributed by atoms with Gasteiger partial charge in [-0.15, -0.1) is 0 Å². The van der Waals surface area contributed by atoms with Gasteiger partial charge in [-0.05, 0) is 62.2 Å². The molecule has 2 saturated carbocycles. The number of rotatable bonds is 0. The molecule has 7 atom stereocenters. The molecule has 4 rings (SSSR count). The second-order valence-corrected chi connectivity index (χ2v) is 8.80. The Morgan fingerprint density at radius 3 is 2.73 bits per heavy atom. The second kappa shape index (κ2) is 4.59.